The minimum absolute atomic E-state index is 0.224. The highest BCUT2D eigenvalue weighted by Crippen LogP contribution is 2.18. The molecule has 0 aliphatic rings. The topological polar surface area (TPSA) is 40.6 Å². The van der Waals surface area contributed by atoms with E-state index in [0.717, 1.165) is 0 Å². The van der Waals surface area contributed by atoms with Gasteiger partial charge in [-0.1, -0.05) is 60.7 Å². The Balaban J connectivity index is 1.55. The molecule has 6 heteroatoms. The summed E-state index contributed by atoms with van der Waals surface area (Å²) in [5, 5.41) is 0. The van der Waals surface area contributed by atoms with Crippen molar-refractivity contribution in [2.75, 3.05) is 22.9 Å². The molecule has 0 N–H and O–H groups in total. The zero-order valence-electron chi connectivity index (χ0n) is 20.6. The quantitative estimate of drug-likeness (QED) is 0.235. The molecule has 0 heterocycles. The molecule has 0 aliphatic heterocycles. The first-order valence-electron chi connectivity index (χ1n) is 12.1. The Hall–Kier alpha value is -4.84. The first-order chi connectivity index (χ1) is 18.5. The lowest BCUT2D eigenvalue weighted by molar-refractivity contribution is -0.115. The maximum absolute atomic E-state index is 13.3. The predicted octanol–water partition coefficient (Wildman–Crippen LogP) is 6.76. The van der Waals surface area contributed by atoms with Crippen LogP contribution in [0.1, 0.15) is 11.1 Å². The molecule has 38 heavy (non-hydrogen) atoms. The molecule has 0 saturated heterocycles. The lowest BCUT2D eigenvalue weighted by atomic mass is 10.2. The second-order valence-corrected chi connectivity index (χ2v) is 8.42. The molecule has 0 spiro atoms. The summed E-state index contributed by atoms with van der Waals surface area (Å²) >= 11 is 0. The van der Waals surface area contributed by atoms with Gasteiger partial charge in [-0.05, 0) is 71.8 Å². The van der Waals surface area contributed by atoms with Crippen LogP contribution in [0.3, 0.4) is 0 Å². The smallest absolute Gasteiger partial charge is 0.251 e. The molecule has 0 bridgehead atoms. The van der Waals surface area contributed by atoms with Crippen LogP contribution in [0.15, 0.2) is 121 Å². The molecule has 0 aliphatic carbocycles. The van der Waals surface area contributed by atoms with E-state index >= 15 is 0 Å². The van der Waals surface area contributed by atoms with Gasteiger partial charge in [0.25, 0.3) is 11.8 Å². The summed E-state index contributed by atoms with van der Waals surface area (Å²) in [4.78, 5) is 29.7. The van der Waals surface area contributed by atoms with Gasteiger partial charge in [0.05, 0.1) is 0 Å². The molecular formula is C32H26F2N2O2. The van der Waals surface area contributed by atoms with E-state index in [1.165, 1.54) is 36.4 Å². The zero-order valence-corrected chi connectivity index (χ0v) is 20.6. The Morgan fingerprint density at radius 1 is 0.526 bits per heavy atom. The van der Waals surface area contributed by atoms with Crippen molar-refractivity contribution in [1.29, 1.82) is 0 Å². The van der Waals surface area contributed by atoms with Crippen LogP contribution in [0.25, 0.3) is 12.2 Å². The number of rotatable bonds is 9. The van der Waals surface area contributed by atoms with Crippen molar-refractivity contribution in [2.24, 2.45) is 0 Å². The van der Waals surface area contributed by atoms with Crippen LogP contribution < -0.4 is 9.80 Å². The fraction of sp³-hybridized carbons (Fsp3) is 0.0625. The van der Waals surface area contributed by atoms with E-state index in [4.69, 9.17) is 0 Å². The minimum atomic E-state index is -0.349. The van der Waals surface area contributed by atoms with Crippen LogP contribution in [0.5, 0.6) is 0 Å². The van der Waals surface area contributed by atoms with Crippen LogP contribution in [-0.2, 0) is 9.59 Å². The number of hydrogen-bond donors (Lipinski definition) is 0. The summed E-state index contributed by atoms with van der Waals surface area (Å²) in [6.45, 7) is 0.448. The predicted molar refractivity (Wildman–Crippen MR) is 148 cm³/mol. The van der Waals surface area contributed by atoms with Gasteiger partial charge >= 0.3 is 0 Å². The van der Waals surface area contributed by atoms with E-state index in [-0.39, 0.29) is 36.5 Å². The number of carbonyl (C=O) groups excluding carboxylic acids is 2. The number of halogens is 2. The van der Waals surface area contributed by atoms with Gasteiger partial charge in [0.1, 0.15) is 11.6 Å². The van der Waals surface area contributed by atoms with Crippen molar-refractivity contribution < 1.29 is 18.4 Å². The number of amides is 2. The highest BCUT2D eigenvalue weighted by molar-refractivity contribution is 6.05. The molecule has 190 valence electrons. The van der Waals surface area contributed by atoms with E-state index in [2.05, 4.69) is 0 Å². The number of nitrogens with zero attached hydrogens (tertiary/aromatic N) is 2. The Morgan fingerprint density at radius 3 is 1.21 bits per heavy atom. The summed E-state index contributed by atoms with van der Waals surface area (Å²) in [5.74, 6) is -1.25. The van der Waals surface area contributed by atoms with Crippen molar-refractivity contribution in [3.05, 3.63) is 144 Å². The first-order valence-corrected chi connectivity index (χ1v) is 12.1. The standard InChI is InChI=1S/C32H26F2N2O2/c33-27-17-11-25(12-18-27)15-21-31(37)35(29-7-3-1-4-8-29)23-24-36(30-9-5-2-6-10-30)32(38)22-16-26-13-19-28(34)20-14-26/h1-22H,23-24H2. The van der Waals surface area contributed by atoms with Gasteiger partial charge in [-0.3, -0.25) is 9.59 Å². The number of carbonyl (C=O) groups is 2. The fourth-order valence-electron chi connectivity index (χ4n) is 3.81. The van der Waals surface area contributed by atoms with Gasteiger partial charge in [-0.2, -0.15) is 0 Å². The third kappa shape index (κ3) is 7.34. The zero-order chi connectivity index (χ0) is 26.7. The lowest BCUT2D eigenvalue weighted by Crippen LogP contribution is -2.40. The van der Waals surface area contributed by atoms with Crippen molar-refractivity contribution >= 4 is 35.3 Å². The van der Waals surface area contributed by atoms with Crippen molar-refractivity contribution in [1.82, 2.24) is 0 Å². The van der Waals surface area contributed by atoms with E-state index in [1.54, 1.807) is 46.2 Å². The van der Waals surface area contributed by atoms with Crippen LogP contribution >= 0.6 is 0 Å². The second kappa shape index (κ2) is 12.9. The summed E-state index contributed by atoms with van der Waals surface area (Å²) < 4.78 is 26.5. The van der Waals surface area contributed by atoms with E-state index in [1.807, 2.05) is 60.7 Å². The average Bonchev–Trinajstić information content (AvgIpc) is 2.95. The highest BCUT2D eigenvalue weighted by Gasteiger charge is 2.18. The molecule has 0 radical (unpaired) electrons. The third-order valence-corrected chi connectivity index (χ3v) is 5.79. The van der Waals surface area contributed by atoms with Crippen LogP contribution in [0, 0.1) is 11.6 Å². The molecule has 0 unspecified atom stereocenters. The fourth-order valence-corrected chi connectivity index (χ4v) is 3.81. The summed E-state index contributed by atoms with van der Waals surface area (Å²) in [5.41, 5.74) is 2.76. The Labute approximate surface area is 220 Å². The molecule has 4 nitrogen and oxygen atoms in total. The molecule has 0 aromatic heterocycles. The van der Waals surface area contributed by atoms with Gasteiger partial charge in [-0.15, -0.1) is 0 Å². The van der Waals surface area contributed by atoms with Gasteiger partial charge in [0.2, 0.25) is 0 Å². The van der Waals surface area contributed by atoms with Crippen molar-refractivity contribution in [3.8, 4) is 0 Å². The summed E-state index contributed by atoms with van der Waals surface area (Å²) in [6, 6.07) is 30.1. The van der Waals surface area contributed by atoms with Crippen LogP contribution in [0.4, 0.5) is 20.2 Å². The molecule has 0 fully saturated rings. The lowest BCUT2D eigenvalue weighted by Gasteiger charge is -2.27. The molecule has 4 aromatic rings. The Morgan fingerprint density at radius 2 is 0.868 bits per heavy atom. The third-order valence-electron chi connectivity index (χ3n) is 5.79. The molecular weight excluding hydrogens is 482 g/mol. The minimum Gasteiger partial charge on any atom is -0.307 e. The normalized spacial score (nSPS) is 11.1. The van der Waals surface area contributed by atoms with Crippen LogP contribution in [-0.4, -0.2) is 24.9 Å². The maximum Gasteiger partial charge on any atom is 0.251 e. The summed E-state index contributed by atoms with van der Waals surface area (Å²) in [7, 11) is 0. The SMILES string of the molecule is O=C(C=Cc1ccc(F)cc1)N(CCN(C(=O)C=Cc1ccc(F)cc1)c1ccccc1)c1ccccc1. The highest BCUT2D eigenvalue weighted by atomic mass is 19.1. The van der Waals surface area contributed by atoms with Crippen molar-refractivity contribution in [2.45, 2.75) is 0 Å². The van der Waals surface area contributed by atoms with Gasteiger partial charge in [0, 0.05) is 36.6 Å². The van der Waals surface area contributed by atoms with E-state index < -0.39 is 0 Å². The molecule has 4 aromatic carbocycles. The first kappa shape index (κ1) is 26.2. The second-order valence-electron chi connectivity index (χ2n) is 8.42. The van der Waals surface area contributed by atoms with Gasteiger partial charge in [-0.25, -0.2) is 8.78 Å². The molecule has 0 saturated carbocycles. The average molecular weight is 509 g/mol. The number of anilines is 2. The Kier molecular flexibility index (Phi) is 8.92. The molecule has 0 atom stereocenters. The monoisotopic (exact) mass is 508 g/mol. The maximum atomic E-state index is 13.3. The summed E-state index contributed by atoms with van der Waals surface area (Å²) in [6.07, 6.45) is 6.12. The van der Waals surface area contributed by atoms with Gasteiger partial charge < -0.3 is 9.80 Å². The van der Waals surface area contributed by atoms with Crippen LogP contribution in [0.2, 0.25) is 0 Å². The number of hydrogen-bond acceptors (Lipinski definition) is 2. The molecule has 4 rings (SSSR count). The molecule has 2 amide bonds. The Bertz CT molecular complexity index is 1290. The van der Waals surface area contributed by atoms with E-state index in [9.17, 15) is 18.4 Å². The largest absolute Gasteiger partial charge is 0.307 e. The number of para-hydroxylation sites is 2. The van der Waals surface area contributed by atoms with E-state index in [0.29, 0.717) is 22.5 Å². The van der Waals surface area contributed by atoms with Crippen molar-refractivity contribution in [3.63, 3.8) is 0 Å². The number of benzene rings is 4. The van der Waals surface area contributed by atoms with Gasteiger partial charge in [0.15, 0.2) is 0 Å².